The molecular weight excluding hydrogens is 163 g/mol. The third-order valence-corrected chi connectivity index (χ3v) is 0. The molecular formula is CH8Cl2O5. The predicted octanol–water partition coefficient (Wildman–Crippen LogP) is -0.583. The molecule has 6 N–H and O–H groups in total. The van der Waals surface area contributed by atoms with Crippen LogP contribution in [0.15, 0.2) is 0 Å². The number of hydrogen-bond acceptors (Lipinski definition) is 1. The van der Waals surface area contributed by atoms with Crippen molar-refractivity contribution in [2.45, 2.75) is 0 Å². The molecule has 8 heavy (non-hydrogen) atoms. The van der Waals surface area contributed by atoms with Crippen molar-refractivity contribution in [2.24, 2.45) is 0 Å². The summed E-state index contributed by atoms with van der Waals surface area (Å²) in [5.41, 5.74) is 0. The third kappa shape index (κ3) is 2480. The summed E-state index contributed by atoms with van der Waals surface area (Å²) >= 11 is 0. The van der Waals surface area contributed by atoms with Crippen LogP contribution in [0, 0.1) is 0 Å². The van der Waals surface area contributed by atoms with Gasteiger partial charge in [0.05, 0.1) is 0 Å². The van der Waals surface area contributed by atoms with E-state index in [-0.39, 0.29) is 35.8 Å². The van der Waals surface area contributed by atoms with Crippen molar-refractivity contribution in [1.82, 2.24) is 0 Å². The normalized spacial score (nSPS) is 3.00. The van der Waals surface area contributed by atoms with Crippen LogP contribution >= 0.6 is 24.8 Å². The lowest BCUT2D eigenvalue weighted by atomic mass is 11.5. The second-order valence-electron chi connectivity index (χ2n) is 0.283. The fourth-order valence-electron chi connectivity index (χ4n) is 0. The monoisotopic (exact) mass is 170 g/mol. The summed E-state index contributed by atoms with van der Waals surface area (Å²) in [6.45, 7) is 0. The highest BCUT2D eigenvalue weighted by Crippen LogP contribution is 1.42. The molecule has 0 aromatic rings. The molecule has 0 heterocycles. The minimum Gasteiger partial charge on any atom is -0.450 e. The molecule has 0 aliphatic heterocycles. The summed E-state index contributed by atoms with van der Waals surface area (Å²) in [5, 5.41) is 13.9. The minimum atomic E-state index is -1.83. The second kappa shape index (κ2) is 29.4. The van der Waals surface area contributed by atoms with Crippen LogP contribution in [0.4, 0.5) is 4.79 Å². The molecule has 0 radical (unpaired) electrons. The Morgan fingerprint density at radius 2 is 1.00 bits per heavy atom. The number of halogens is 2. The van der Waals surface area contributed by atoms with E-state index >= 15 is 0 Å². The average molecular weight is 171 g/mol. The van der Waals surface area contributed by atoms with E-state index in [1.54, 1.807) is 0 Å². The predicted molar refractivity (Wildman–Crippen MR) is 32.4 cm³/mol. The standard InChI is InChI=1S/CH2O3.2ClH.2H2O/c2-1(3)4;;;;/h(H2,2,3,4);2*1H;2*1H2. The van der Waals surface area contributed by atoms with Gasteiger partial charge in [0.25, 0.3) is 0 Å². The first-order valence-corrected chi connectivity index (χ1v) is 0.651. The highest BCUT2D eigenvalue weighted by atomic mass is 35.5. The van der Waals surface area contributed by atoms with Gasteiger partial charge in [-0.2, -0.15) is 0 Å². The lowest BCUT2D eigenvalue weighted by Crippen LogP contribution is -1.81. The number of carbonyl (C=O) groups is 1. The topological polar surface area (TPSA) is 121 Å². The zero-order valence-electron chi connectivity index (χ0n) is 3.62. The van der Waals surface area contributed by atoms with E-state index in [9.17, 15) is 0 Å². The molecule has 0 aromatic carbocycles. The summed E-state index contributed by atoms with van der Waals surface area (Å²) in [7, 11) is 0. The van der Waals surface area contributed by atoms with Gasteiger partial charge >= 0.3 is 6.16 Å². The van der Waals surface area contributed by atoms with E-state index in [0.29, 0.717) is 0 Å². The molecule has 0 rings (SSSR count). The highest BCUT2D eigenvalue weighted by Gasteiger charge is 1.70. The van der Waals surface area contributed by atoms with Crippen molar-refractivity contribution >= 4 is 31.0 Å². The lowest BCUT2D eigenvalue weighted by molar-refractivity contribution is 0.137. The van der Waals surface area contributed by atoms with Crippen molar-refractivity contribution in [2.75, 3.05) is 0 Å². The Bertz CT molecular complexity index is 33.4. The molecule has 0 aliphatic rings. The molecule has 7 heteroatoms. The van der Waals surface area contributed by atoms with Crippen molar-refractivity contribution in [3.8, 4) is 0 Å². The molecule has 0 bridgehead atoms. The summed E-state index contributed by atoms with van der Waals surface area (Å²) in [4.78, 5) is 8.56. The van der Waals surface area contributed by atoms with E-state index < -0.39 is 6.16 Å². The number of rotatable bonds is 0. The Morgan fingerprint density at radius 1 is 1.00 bits per heavy atom. The maximum absolute atomic E-state index is 8.56. The lowest BCUT2D eigenvalue weighted by Gasteiger charge is -1.60. The van der Waals surface area contributed by atoms with Crippen LogP contribution in [-0.4, -0.2) is 27.3 Å². The fraction of sp³-hybridized carbons (Fsp3) is 0. The third-order valence-electron chi connectivity index (χ3n) is 0. The molecule has 56 valence electrons. The van der Waals surface area contributed by atoms with Crippen LogP contribution in [0.1, 0.15) is 0 Å². The van der Waals surface area contributed by atoms with Gasteiger partial charge in [0.2, 0.25) is 0 Å². The molecule has 0 amide bonds. The minimum absolute atomic E-state index is 0. The molecule has 0 unspecified atom stereocenters. The van der Waals surface area contributed by atoms with Gasteiger partial charge in [-0.15, -0.1) is 24.8 Å². The van der Waals surface area contributed by atoms with Gasteiger partial charge in [0.15, 0.2) is 0 Å². The Balaban J connectivity index is -0.00000000750. The molecule has 0 aromatic heterocycles. The number of hydrogen-bond donors (Lipinski definition) is 2. The average Bonchev–Trinajstić information content (AvgIpc) is 0.811. The smallest absolute Gasteiger partial charge is 0.450 e. The Labute approximate surface area is 57.8 Å². The molecule has 0 fully saturated rings. The Morgan fingerprint density at radius 3 is 1.00 bits per heavy atom. The zero-order chi connectivity index (χ0) is 3.58. The van der Waals surface area contributed by atoms with E-state index in [1.165, 1.54) is 0 Å². The molecule has 0 aliphatic carbocycles. The molecule has 5 nitrogen and oxygen atoms in total. The molecule has 0 atom stereocenters. The fourth-order valence-corrected chi connectivity index (χ4v) is 0. The summed E-state index contributed by atoms with van der Waals surface area (Å²) in [6, 6.07) is 0. The molecule has 0 saturated heterocycles. The van der Waals surface area contributed by atoms with Gasteiger partial charge in [-0.05, 0) is 0 Å². The SMILES string of the molecule is Cl.Cl.O.O.O=C(O)O. The van der Waals surface area contributed by atoms with Gasteiger partial charge in [-0.25, -0.2) is 4.79 Å². The van der Waals surface area contributed by atoms with Crippen molar-refractivity contribution in [3.05, 3.63) is 0 Å². The first kappa shape index (κ1) is 46.4. The first-order valence-electron chi connectivity index (χ1n) is 0.651. The van der Waals surface area contributed by atoms with Crippen molar-refractivity contribution < 1.29 is 26.0 Å². The van der Waals surface area contributed by atoms with Crippen LogP contribution in [0.3, 0.4) is 0 Å². The maximum Gasteiger partial charge on any atom is 0.503 e. The Hall–Kier alpha value is -0.230. The van der Waals surface area contributed by atoms with Crippen LogP contribution in [0.5, 0.6) is 0 Å². The highest BCUT2D eigenvalue weighted by molar-refractivity contribution is 5.85. The summed E-state index contributed by atoms with van der Waals surface area (Å²) in [5.74, 6) is 0. The van der Waals surface area contributed by atoms with Crippen LogP contribution in [0.25, 0.3) is 0 Å². The first-order chi connectivity index (χ1) is 1.73. The van der Waals surface area contributed by atoms with Crippen molar-refractivity contribution in [1.29, 1.82) is 0 Å². The van der Waals surface area contributed by atoms with E-state index in [1.807, 2.05) is 0 Å². The van der Waals surface area contributed by atoms with Gasteiger partial charge in [0, 0.05) is 0 Å². The number of carboxylic acid groups (broad SMARTS) is 2. The molecule has 0 saturated carbocycles. The van der Waals surface area contributed by atoms with Crippen molar-refractivity contribution in [3.63, 3.8) is 0 Å². The van der Waals surface area contributed by atoms with E-state index in [0.717, 1.165) is 0 Å². The maximum atomic E-state index is 8.56. The van der Waals surface area contributed by atoms with Gasteiger partial charge in [-0.1, -0.05) is 0 Å². The summed E-state index contributed by atoms with van der Waals surface area (Å²) in [6.07, 6.45) is -1.83. The van der Waals surface area contributed by atoms with Crippen LogP contribution < -0.4 is 0 Å². The van der Waals surface area contributed by atoms with Crippen LogP contribution in [-0.2, 0) is 0 Å². The van der Waals surface area contributed by atoms with Crippen LogP contribution in [0.2, 0.25) is 0 Å². The van der Waals surface area contributed by atoms with E-state index in [2.05, 4.69) is 0 Å². The van der Waals surface area contributed by atoms with E-state index in [4.69, 9.17) is 15.0 Å². The summed E-state index contributed by atoms with van der Waals surface area (Å²) < 4.78 is 0. The van der Waals surface area contributed by atoms with Gasteiger partial charge < -0.3 is 21.2 Å². The quantitative estimate of drug-likeness (QED) is 0.506. The zero-order valence-corrected chi connectivity index (χ0v) is 5.25. The molecule has 0 spiro atoms. The Kier molecular flexibility index (Phi) is 170. The van der Waals surface area contributed by atoms with Gasteiger partial charge in [0.1, 0.15) is 0 Å². The second-order valence-corrected chi connectivity index (χ2v) is 0.283. The largest absolute Gasteiger partial charge is 0.503 e. The van der Waals surface area contributed by atoms with Gasteiger partial charge in [-0.3, -0.25) is 0 Å².